The summed E-state index contributed by atoms with van der Waals surface area (Å²) in [5.41, 5.74) is 2.40. The van der Waals surface area contributed by atoms with E-state index in [1.807, 2.05) is 6.92 Å². The van der Waals surface area contributed by atoms with Crippen molar-refractivity contribution in [2.24, 2.45) is 5.10 Å². The minimum Gasteiger partial charge on any atom is -0.490 e. The van der Waals surface area contributed by atoms with Crippen molar-refractivity contribution in [3.05, 3.63) is 91.4 Å². The number of hydrogen-bond donors (Lipinski definition) is 1. The molecule has 0 radical (unpaired) electrons. The highest BCUT2D eigenvalue weighted by Gasteiger charge is 2.30. The van der Waals surface area contributed by atoms with Gasteiger partial charge in [0.1, 0.15) is 6.61 Å². The Balaban J connectivity index is 1.74. The molecule has 0 spiro atoms. The van der Waals surface area contributed by atoms with Crippen molar-refractivity contribution in [2.75, 3.05) is 6.61 Å². The fourth-order valence-electron chi connectivity index (χ4n) is 2.89. The van der Waals surface area contributed by atoms with Crippen LogP contribution in [-0.4, -0.2) is 18.7 Å². The summed E-state index contributed by atoms with van der Waals surface area (Å²) < 4.78 is 50.7. The maximum absolute atomic E-state index is 12.9. The highest BCUT2D eigenvalue weighted by molar-refractivity contribution is 9.10. The van der Waals surface area contributed by atoms with E-state index >= 15 is 0 Å². The lowest BCUT2D eigenvalue weighted by Crippen LogP contribution is -2.18. The first-order valence-corrected chi connectivity index (χ1v) is 11.7. The zero-order valence-corrected chi connectivity index (χ0v) is 21.2. The van der Waals surface area contributed by atoms with Gasteiger partial charge in [0.2, 0.25) is 0 Å². The molecule has 0 heterocycles. The average Bonchev–Trinajstić information content (AvgIpc) is 2.80. The SMILES string of the molecule is CCOc1cc(/C=N\NC(=O)c2cccc(C(F)(F)F)c2)c(Br)cc1OCc1ccc(Cl)cc1Cl. The Morgan fingerprint density at radius 3 is 2.51 bits per heavy atom. The number of hydrogen-bond acceptors (Lipinski definition) is 4. The Bertz CT molecular complexity index is 1250. The highest BCUT2D eigenvalue weighted by atomic mass is 79.9. The van der Waals surface area contributed by atoms with Crippen LogP contribution in [0.15, 0.2) is 64.2 Å². The third-order valence-electron chi connectivity index (χ3n) is 4.58. The molecule has 0 bridgehead atoms. The van der Waals surface area contributed by atoms with Crippen molar-refractivity contribution in [2.45, 2.75) is 19.7 Å². The van der Waals surface area contributed by atoms with Gasteiger partial charge in [0, 0.05) is 31.2 Å². The first-order chi connectivity index (χ1) is 16.6. The summed E-state index contributed by atoms with van der Waals surface area (Å²) in [4.78, 5) is 12.2. The van der Waals surface area contributed by atoms with Gasteiger partial charge >= 0.3 is 6.18 Å². The number of halogens is 6. The summed E-state index contributed by atoms with van der Waals surface area (Å²) in [6, 6.07) is 12.5. The summed E-state index contributed by atoms with van der Waals surface area (Å²) >= 11 is 15.5. The number of nitrogens with zero attached hydrogens (tertiary/aromatic N) is 1. The first-order valence-electron chi connectivity index (χ1n) is 10.1. The molecule has 0 saturated heterocycles. The van der Waals surface area contributed by atoms with Gasteiger partial charge in [0.05, 0.1) is 18.4 Å². The second-order valence-corrected chi connectivity index (χ2v) is 8.75. The standard InChI is InChI=1S/C24H18BrCl2F3N2O3/c1-2-34-21-9-16(12-31-32-23(33)14-4-3-5-17(8-14)24(28,29)30)19(25)11-22(21)35-13-15-6-7-18(26)10-20(15)27/h3-12H,2,13H2,1H3,(H,32,33)/b31-12-. The molecule has 1 N–H and O–H groups in total. The molecular formula is C24H18BrCl2F3N2O3. The molecule has 3 aromatic carbocycles. The van der Waals surface area contributed by atoms with E-state index in [0.717, 1.165) is 23.8 Å². The monoisotopic (exact) mass is 588 g/mol. The Labute approximate surface area is 218 Å². The number of amides is 1. The average molecular weight is 590 g/mol. The minimum absolute atomic E-state index is 0.170. The van der Waals surface area contributed by atoms with Crippen LogP contribution in [0.1, 0.15) is 34.0 Å². The van der Waals surface area contributed by atoms with Crippen molar-refractivity contribution >= 4 is 51.3 Å². The quantitative estimate of drug-likeness (QED) is 0.218. The Morgan fingerprint density at radius 1 is 1.09 bits per heavy atom. The molecule has 0 aliphatic carbocycles. The molecule has 0 aliphatic rings. The van der Waals surface area contributed by atoms with Crippen LogP contribution >= 0.6 is 39.1 Å². The maximum atomic E-state index is 12.9. The molecule has 0 atom stereocenters. The van der Waals surface area contributed by atoms with Gasteiger partial charge in [-0.15, -0.1) is 0 Å². The van der Waals surface area contributed by atoms with Crippen molar-refractivity contribution in [3.8, 4) is 11.5 Å². The normalized spacial score (nSPS) is 11.5. The van der Waals surface area contributed by atoms with Gasteiger partial charge in [0.15, 0.2) is 11.5 Å². The van der Waals surface area contributed by atoms with Gasteiger partial charge in [-0.3, -0.25) is 4.79 Å². The molecule has 0 aromatic heterocycles. The van der Waals surface area contributed by atoms with E-state index in [9.17, 15) is 18.0 Å². The first kappa shape index (κ1) is 26.8. The minimum atomic E-state index is -4.55. The lowest BCUT2D eigenvalue weighted by Gasteiger charge is -2.14. The third kappa shape index (κ3) is 7.37. The number of hydrazone groups is 1. The summed E-state index contributed by atoms with van der Waals surface area (Å²) in [5, 5.41) is 4.83. The van der Waals surface area contributed by atoms with E-state index in [-0.39, 0.29) is 12.2 Å². The van der Waals surface area contributed by atoms with Crippen LogP contribution in [-0.2, 0) is 12.8 Å². The molecular weight excluding hydrogens is 572 g/mol. The topological polar surface area (TPSA) is 59.9 Å². The van der Waals surface area contributed by atoms with Crippen molar-refractivity contribution in [3.63, 3.8) is 0 Å². The number of carbonyl (C=O) groups excluding carboxylic acids is 1. The largest absolute Gasteiger partial charge is 0.490 e. The number of alkyl halides is 3. The second kappa shape index (κ2) is 11.8. The van der Waals surface area contributed by atoms with Crippen LogP contribution in [0.25, 0.3) is 0 Å². The molecule has 35 heavy (non-hydrogen) atoms. The molecule has 5 nitrogen and oxygen atoms in total. The van der Waals surface area contributed by atoms with E-state index in [0.29, 0.717) is 38.2 Å². The van der Waals surface area contributed by atoms with Crippen LogP contribution < -0.4 is 14.9 Å². The third-order valence-corrected chi connectivity index (χ3v) is 5.86. The highest BCUT2D eigenvalue weighted by Crippen LogP contribution is 2.34. The number of carbonyl (C=O) groups is 1. The van der Waals surface area contributed by atoms with Gasteiger partial charge in [0.25, 0.3) is 5.91 Å². The predicted octanol–water partition coefficient (Wildman–Crippen LogP) is 7.52. The molecule has 184 valence electrons. The zero-order chi connectivity index (χ0) is 25.6. The Morgan fingerprint density at radius 2 is 1.83 bits per heavy atom. The molecule has 1 amide bonds. The molecule has 0 aliphatic heterocycles. The molecule has 0 fully saturated rings. The Kier molecular flexibility index (Phi) is 9.04. The van der Waals surface area contributed by atoms with Crippen LogP contribution in [0.3, 0.4) is 0 Å². The predicted molar refractivity (Wildman–Crippen MR) is 133 cm³/mol. The van der Waals surface area contributed by atoms with Crippen LogP contribution in [0, 0.1) is 0 Å². The van der Waals surface area contributed by atoms with Gasteiger partial charge < -0.3 is 9.47 Å². The smallest absolute Gasteiger partial charge is 0.416 e. The summed E-state index contributed by atoms with van der Waals surface area (Å²) in [6.45, 7) is 2.34. The number of benzene rings is 3. The maximum Gasteiger partial charge on any atom is 0.416 e. The van der Waals surface area contributed by atoms with E-state index in [4.69, 9.17) is 32.7 Å². The lowest BCUT2D eigenvalue weighted by atomic mass is 10.1. The fourth-order valence-corrected chi connectivity index (χ4v) is 3.77. The molecule has 0 saturated carbocycles. The van der Waals surface area contributed by atoms with Crippen molar-refractivity contribution < 1.29 is 27.4 Å². The van der Waals surface area contributed by atoms with E-state index < -0.39 is 17.6 Å². The van der Waals surface area contributed by atoms with E-state index in [1.54, 1.807) is 30.3 Å². The van der Waals surface area contributed by atoms with Crippen LogP contribution in [0.2, 0.25) is 10.0 Å². The molecule has 11 heteroatoms. The zero-order valence-electron chi connectivity index (χ0n) is 18.1. The molecule has 3 rings (SSSR count). The number of nitrogens with one attached hydrogen (secondary N) is 1. The summed E-state index contributed by atoms with van der Waals surface area (Å²) in [6.07, 6.45) is -3.22. The van der Waals surface area contributed by atoms with Crippen LogP contribution in [0.5, 0.6) is 11.5 Å². The summed E-state index contributed by atoms with van der Waals surface area (Å²) in [5.74, 6) is 0.0784. The summed E-state index contributed by atoms with van der Waals surface area (Å²) in [7, 11) is 0. The second-order valence-electron chi connectivity index (χ2n) is 7.06. The molecule has 0 unspecified atom stereocenters. The van der Waals surface area contributed by atoms with Crippen LogP contribution in [0.4, 0.5) is 13.2 Å². The fraction of sp³-hybridized carbons (Fsp3) is 0.167. The Hall–Kier alpha value is -2.75. The van der Waals surface area contributed by atoms with E-state index in [1.165, 1.54) is 12.3 Å². The van der Waals surface area contributed by atoms with Crippen molar-refractivity contribution in [1.82, 2.24) is 5.43 Å². The lowest BCUT2D eigenvalue weighted by molar-refractivity contribution is -0.137. The van der Waals surface area contributed by atoms with Gasteiger partial charge in [-0.25, -0.2) is 5.43 Å². The number of rotatable bonds is 8. The van der Waals surface area contributed by atoms with Gasteiger partial charge in [-0.2, -0.15) is 18.3 Å². The van der Waals surface area contributed by atoms with Crippen molar-refractivity contribution in [1.29, 1.82) is 0 Å². The molecule has 3 aromatic rings. The number of ether oxygens (including phenoxy) is 2. The van der Waals surface area contributed by atoms with Gasteiger partial charge in [-0.05, 0) is 65.3 Å². The van der Waals surface area contributed by atoms with Gasteiger partial charge in [-0.1, -0.05) is 35.3 Å². The van der Waals surface area contributed by atoms with E-state index in [2.05, 4.69) is 26.5 Å².